The number of aryl methyl sites for hydroxylation is 2. The van der Waals surface area contributed by atoms with Crippen molar-refractivity contribution < 1.29 is 9.21 Å². The van der Waals surface area contributed by atoms with E-state index < -0.39 is 0 Å². The van der Waals surface area contributed by atoms with Crippen LogP contribution in [0.5, 0.6) is 0 Å². The molecule has 28 heavy (non-hydrogen) atoms. The van der Waals surface area contributed by atoms with Gasteiger partial charge in [-0.15, -0.1) is 0 Å². The molecule has 4 nitrogen and oxygen atoms in total. The van der Waals surface area contributed by atoms with Gasteiger partial charge in [-0.05, 0) is 50.3 Å². The fourth-order valence-electron chi connectivity index (χ4n) is 3.61. The van der Waals surface area contributed by atoms with Crippen LogP contribution < -0.4 is 0 Å². The molecule has 1 aliphatic carbocycles. The fourth-order valence-corrected chi connectivity index (χ4v) is 4.51. The zero-order valence-corrected chi connectivity index (χ0v) is 16.5. The topological polar surface area (TPSA) is 66.9 Å². The van der Waals surface area contributed by atoms with E-state index in [1.54, 1.807) is 0 Å². The summed E-state index contributed by atoms with van der Waals surface area (Å²) in [4.78, 5) is 17.3. The van der Waals surface area contributed by atoms with Crippen LogP contribution in [-0.4, -0.2) is 16.5 Å². The van der Waals surface area contributed by atoms with E-state index in [1.165, 1.54) is 11.8 Å². The normalized spacial score (nSPS) is 13.0. The number of nitriles is 1. The number of aromatic nitrogens is 1. The summed E-state index contributed by atoms with van der Waals surface area (Å²) in [6, 6.07) is 15.4. The van der Waals surface area contributed by atoms with E-state index in [9.17, 15) is 10.1 Å². The summed E-state index contributed by atoms with van der Waals surface area (Å²) in [6.07, 6.45) is 3.98. The van der Waals surface area contributed by atoms with Crippen LogP contribution >= 0.6 is 11.8 Å². The van der Waals surface area contributed by atoms with Crippen LogP contribution in [0.2, 0.25) is 0 Å². The maximum absolute atomic E-state index is 12.5. The second kappa shape index (κ2) is 8.04. The predicted octanol–water partition coefficient (Wildman–Crippen LogP) is 5.38. The Labute approximate surface area is 168 Å². The molecule has 0 saturated heterocycles. The van der Waals surface area contributed by atoms with Crippen LogP contribution in [0.25, 0.3) is 11.3 Å². The molecule has 0 amide bonds. The summed E-state index contributed by atoms with van der Waals surface area (Å²) in [7, 11) is 0. The third kappa shape index (κ3) is 3.61. The highest BCUT2D eigenvalue weighted by Crippen LogP contribution is 2.38. The summed E-state index contributed by atoms with van der Waals surface area (Å²) in [5, 5.41) is 10.5. The first kappa shape index (κ1) is 18.5. The van der Waals surface area contributed by atoms with Crippen molar-refractivity contribution in [3.63, 3.8) is 0 Å². The first-order valence-electron chi connectivity index (χ1n) is 9.41. The number of carbonyl (C=O) groups is 1. The molecule has 2 heterocycles. The first-order chi connectivity index (χ1) is 13.7. The van der Waals surface area contributed by atoms with Crippen molar-refractivity contribution in [2.24, 2.45) is 0 Å². The minimum absolute atomic E-state index is 0.0319. The van der Waals surface area contributed by atoms with Gasteiger partial charge in [0.2, 0.25) is 0 Å². The van der Waals surface area contributed by atoms with Gasteiger partial charge in [-0.25, -0.2) is 4.98 Å². The number of ketones is 1. The summed E-state index contributed by atoms with van der Waals surface area (Å²) in [5.41, 5.74) is 4.20. The van der Waals surface area contributed by atoms with Gasteiger partial charge in [-0.1, -0.05) is 42.1 Å². The number of carbonyl (C=O) groups excluding carboxylic acids is 1. The molecule has 2 aromatic heterocycles. The lowest BCUT2D eigenvalue weighted by Gasteiger charge is -2.20. The summed E-state index contributed by atoms with van der Waals surface area (Å²) < 4.78 is 5.87. The minimum Gasteiger partial charge on any atom is -0.461 e. The van der Waals surface area contributed by atoms with E-state index in [-0.39, 0.29) is 11.5 Å². The molecule has 0 saturated carbocycles. The van der Waals surface area contributed by atoms with Crippen molar-refractivity contribution >= 4 is 17.5 Å². The van der Waals surface area contributed by atoms with E-state index >= 15 is 0 Å². The molecule has 0 N–H and O–H groups in total. The molecular weight excluding hydrogens is 368 g/mol. The number of Topliss-reactive ketones (excluding diaryl/α,β-unsaturated/α-hetero) is 1. The molecular formula is C23H20N2O2S. The Hall–Kier alpha value is -2.84. The Kier molecular flexibility index (Phi) is 5.31. The zero-order chi connectivity index (χ0) is 19.5. The molecule has 1 aromatic carbocycles. The van der Waals surface area contributed by atoms with Crippen LogP contribution in [0.1, 0.15) is 45.8 Å². The van der Waals surface area contributed by atoms with Gasteiger partial charge in [-0.3, -0.25) is 4.79 Å². The van der Waals surface area contributed by atoms with Gasteiger partial charge in [0.15, 0.2) is 5.78 Å². The third-order valence-corrected chi connectivity index (χ3v) is 5.95. The van der Waals surface area contributed by atoms with Crippen molar-refractivity contribution in [3.8, 4) is 17.4 Å². The molecule has 140 valence electrons. The van der Waals surface area contributed by atoms with Gasteiger partial charge < -0.3 is 4.42 Å². The van der Waals surface area contributed by atoms with Crippen molar-refractivity contribution in [1.82, 2.24) is 4.98 Å². The molecule has 0 bridgehead atoms. The quantitative estimate of drug-likeness (QED) is 0.434. The second-order valence-electron chi connectivity index (χ2n) is 6.90. The molecule has 5 heteroatoms. The Morgan fingerprint density at radius 2 is 1.96 bits per heavy atom. The van der Waals surface area contributed by atoms with Crippen LogP contribution in [0.15, 0.2) is 51.9 Å². The Balaban J connectivity index is 1.73. The van der Waals surface area contributed by atoms with Crippen LogP contribution in [0.3, 0.4) is 0 Å². The van der Waals surface area contributed by atoms with E-state index in [0.29, 0.717) is 21.9 Å². The van der Waals surface area contributed by atoms with Gasteiger partial charge in [0.05, 0.1) is 11.3 Å². The highest BCUT2D eigenvalue weighted by Gasteiger charge is 2.25. The van der Waals surface area contributed by atoms with Crippen molar-refractivity contribution in [2.45, 2.75) is 37.6 Å². The van der Waals surface area contributed by atoms with Crippen LogP contribution in [-0.2, 0) is 12.8 Å². The van der Waals surface area contributed by atoms with Crippen LogP contribution in [0, 0.1) is 18.3 Å². The Morgan fingerprint density at radius 1 is 1.18 bits per heavy atom. The highest BCUT2D eigenvalue weighted by atomic mass is 32.2. The SMILES string of the molecule is Cc1ccc(-c2c(C#N)c(SCC(=O)c3ccccc3)nc3c2CCCC3)o1. The molecule has 0 fully saturated rings. The van der Waals surface area contributed by atoms with Gasteiger partial charge in [0.25, 0.3) is 0 Å². The Morgan fingerprint density at radius 3 is 2.68 bits per heavy atom. The van der Waals surface area contributed by atoms with Gasteiger partial charge >= 0.3 is 0 Å². The summed E-state index contributed by atoms with van der Waals surface area (Å²) >= 11 is 1.34. The number of hydrogen-bond acceptors (Lipinski definition) is 5. The Bertz CT molecular complexity index is 1060. The van der Waals surface area contributed by atoms with E-state index in [0.717, 1.165) is 48.3 Å². The lowest BCUT2D eigenvalue weighted by atomic mass is 9.89. The standard InChI is InChI=1S/C23H20N2O2S/c1-15-11-12-21(27-15)22-17-9-5-6-10-19(17)25-23(18(22)13-24)28-14-20(26)16-7-3-2-4-8-16/h2-4,7-8,11-12H,5-6,9-10,14H2,1H3. The van der Waals surface area contributed by atoms with Gasteiger partial charge in [0.1, 0.15) is 22.6 Å². The molecule has 1 aliphatic rings. The molecule has 4 rings (SSSR count). The smallest absolute Gasteiger partial charge is 0.173 e. The van der Waals surface area contributed by atoms with Crippen molar-refractivity contribution in [3.05, 3.63) is 70.6 Å². The number of benzene rings is 1. The molecule has 0 aliphatic heterocycles. The van der Waals surface area contributed by atoms with Gasteiger partial charge in [-0.2, -0.15) is 5.26 Å². The summed E-state index contributed by atoms with van der Waals surface area (Å²) in [6.45, 7) is 1.90. The minimum atomic E-state index is 0.0319. The third-order valence-electron chi connectivity index (χ3n) is 4.98. The number of pyridine rings is 1. The van der Waals surface area contributed by atoms with E-state index in [4.69, 9.17) is 9.40 Å². The van der Waals surface area contributed by atoms with E-state index in [1.807, 2.05) is 49.4 Å². The maximum atomic E-state index is 12.5. The van der Waals surface area contributed by atoms with Crippen molar-refractivity contribution in [1.29, 1.82) is 5.26 Å². The zero-order valence-electron chi connectivity index (χ0n) is 15.7. The fraction of sp³-hybridized carbons (Fsp3) is 0.261. The monoisotopic (exact) mass is 388 g/mol. The number of thioether (sulfide) groups is 1. The number of hydrogen-bond donors (Lipinski definition) is 0. The average molecular weight is 388 g/mol. The lowest BCUT2D eigenvalue weighted by molar-refractivity contribution is 0.102. The van der Waals surface area contributed by atoms with Gasteiger partial charge in [0, 0.05) is 16.8 Å². The van der Waals surface area contributed by atoms with E-state index in [2.05, 4.69) is 6.07 Å². The molecule has 0 unspecified atom stereocenters. The highest BCUT2D eigenvalue weighted by molar-refractivity contribution is 8.00. The molecule has 0 spiro atoms. The summed E-state index contributed by atoms with van der Waals surface area (Å²) in [5.74, 6) is 1.81. The average Bonchev–Trinajstić information content (AvgIpc) is 3.17. The predicted molar refractivity (Wildman–Crippen MR) is 110 cm³/mol. The maximum Gasteiger partial charge on any atom is 0.173 e. The number of rotatable bonds is 5. The lowest BCUT2D eigenvalue weighted by Crippen LogP contribution is -2.11. The molecule has 0 radical (unpaired) electrons. The van der Waals surface area contributed by atoms with Crippen LogP contribution in [0.4, 0.5) is 0 Å². The number of fused-ring (bicyclic) bond motifs is 1. The van der Waals surface area contributed by atoms with Crippen molar-refractivity contribution in [2.75, 3.05) is 5.75 Å². The first-order valence-corrected chi connectivity index (χ1v) is 10.4. The second-order valence-corrected chi connectivity index (χ2v) is 7.86. The largest absolute Gasteiger partial charge is 0.461 e. The molecule has 3 aromatic rings. The number of furan rings is 1. The number of nitrogens with zero attached hydrogens (tertiary/aromatic N) is 2. The molecule has 0 atom stereocenters.